The van der Waals surface area contributed by atoms with Gasteiger partial charge in [0.05, 0.1) is 5.69 Å². The van der Waals surface area contributed by atoms with Crippen LogP contribution in [0.2, 0.25) is 0 Å². The van der Waals surface area contributed by atoms with Crippen LogP contribution in [-0.4, -0.2) is 23.6 Å². The number of nitrogens with one attached hydrogen (secondary N) is 2. The van der Waals surface area contributed by atoms with E-state index < -0.39 is 0 Å². The number of rotatable bonds is 4. The minimum absolute atomic E-state index is 0.0721. The summed E-state index contributed by atoms with van der Waals surface area (Å²) in [6.07, 6.45) is 7.00. The first-order chi connectivity index (χ1) is 8.24. The molecule has 2 rings (SSSR count). The van der Waals surface area contributed by atoms with Crippen molar-refractivity contribution in [1.82, 2.24) is 15.6 Å². The maximum absolute atomic E-state index is 11.5. The molecule has 1 aromatic rings. The molecule has 2 N–H and O–H groups in total. The summed E-state index contributed by atoms with van der Waals surface area (Å²) in [5.74, 6) is 0.662. The van der Waals surface area contributed by atoms with Gasteiger partial charge in [0.15, 0.2) is 5.89 Å². The van der Waals surface area contributed by atoms with E-state index in [-0.39, 0.29) is 6.03 Å². The van der Waals surface area contributed by atoms with E-state index in [0.717, 1.165) is 18.5 Å². The highest BCUT2D eigenvalue weighted by atomic mass is 16.3. The third-order valence-corrected chi connectivity index (χ3v) is 3.02. The predicted molar refractivity (Wildman–Crippen MR) is 63.7 cm³/mol. The number of hydrogen-bond donors (Lipinski definition) is 2. The van der Waals surface area contributed by atoms with E-state index >= 15 is 0 Å². The van der Waals surface area contributed by atoms with Gasteiger partial charge in [0.2, 0.25) is 0 Å². The highest BCUT2D eigenvalue weighted by Gasteiger charge is 2.16. The average molecular weight is 237 g/mol. The third kappa shape index (κ3) is 3.76. The molecule has 0 unspecified atom stereocenters. The monoisotopic (exact) mass is 237 g/mol. The minimum atomic E-state index is -0.0721. The SMILES string of the molecule is Cc1nc(CCNC(=O)NC2CCCC2)co1. The van der Waals surface area contributed by atoms with Crippen molar-refractivity contribution >= 4 is 6.03 Å². The number of urea groups is 1. The lowest BCUT2D eigenvalue weighted by Gasteiger charge is -2.12. The summed E-state index contributed by atoms with van der Waals surface area (Å²) in [6, 6.07) is 0.293. The minimum Gasteiger partial charge on any atom is -0.449 e. The quantitative estimate of drug-likeness (QED) is 0.838. The number of carbonyl (C=O) groups is 1. The van der Waals surface area contributed by atoms with Crippen LogP contribution in [0.15, 0.2) is 10.7 Å². The molecule has 0 saturated heterocycles. The molecule has 1 aliphatic rings. The van der Waals surface area contributed by atoms with Crippen molar-refractivity contribution in [1.29, 1.82) is 0 Å². The van der Waals surface area contributed by atoms with Crippen LogP contribution >= 0.6 is 0 Å². The zero-order chi connectivity index (χ0) is 12.1. The van der Waals surface area contributed by atoms with Crippen molar-refractivity contribution in [3.8, 4) is 0 Å². The second-order valence-corrected chi connectivity index (χ2v) is 4.49. The molecule has 2 amide bonds. The Morgan fingerprint density at radius 1 is 1.53 bits per heavy atom. The van der Waals surface area contributed by atoms with Crippen LogP contribution in [0, 0.1) is 6.92 Å². The zero-order valence-corrected chi connectivity index (χ0v) is 10.2. The largest absolute Gasteiger partial charge is 0.449 e. The molecule has 1 aliphatic carbocycles. The Morgan fingerprint density at radius 2 is 2.29 bits per heavy atom. The number of aromatic nitrogens is 1. The molecule has 0 bridgehead atoms. The predicted octanol–water partition coefficient (Wildman–Crippen LogP) is 1.77. The molecule has 1 saturated carbocycles. The van der Waals surface area contributed by atoms with Gasteiger partial charge in [-0.2, -0.15) is 0 Å². The van der Waals surface area contributed by atoms with Gasteiger partial charge in [-0.1, -0.05) is 12.8 Å². The molecule has 5 heteroatoms. The second-order valence-electron chi connectivity index (χ2n) is 4.49. The molecule has 1 heterocycles. The molecule has 0 atom stereocenters. The molecule has 17 heavy (non-hydrogen) atoms. The van der Waals surface area contributed by atoms with E-state index in [2.05, 4.69) is 15.6 Å². The number of oxazole rings is 1. The van der Waals surface area contributed by atoms with E-state index in [4.69, 9.17) is 4.42 Å². The Labute approximate surface area is 101 Å². The maximum atomic E-state index is 11.5. The van der Waals surface area contributed by atoms with Crippen LogP contribution in [0.3, 0.4) is 0 Å². The molecular formula is C12H19N3O2. The topological polar surface area (TPSA) is 67.2 Å². The van der Waals surface area contributed by atoms with Gasteiger partial charge in [0.25, 0.3) is 0 Å². The number of nitrogens with zero attached hydrogens (tertiary/aromatic N) is 1. The van der Waals surface area contributed by atoms with Crippen molar-refractivity contribution in [3.05, 3.63) is 17.8 Å². The molecule has 5 nitrogen and oxygen atoms in total. The van der Waals surface area contributed by atoms with E-state index in [1.54, 1.807) is 6.26 Å². The summed E-state index contributed by atoms with van der Waals surface area (Å²) in [6.45, 7) is 2.40. The van der Waals surface area contributed by atoms with Gasteiger partial charge in [0, 0.05) is 25.9 Å². The van der Waals surface area contributed by atoms with Crippen LogP contribution in [0.1, 0.15) is 37.3 Å². The van der Waals surface area contributed by atoms with Crippen LogP contribution in [0.25, 0.3) is 0 Å². The second kappa shape index (κ2) is 5.70. The fourth-order valence-corrected chi connectivity index (χ4v) is 2.13. The van der Waals surface area contributed by atoms with Crippen molar-refractivity contribution in [3.63, 3.8) is 0 Å². The van der Waals surface area contributed by atoms with Crippen molar-refractivity contribution in [2.75, 3.05) is 6.54 Å². The number of aryl methyl sites for hydroxylation is 1. The molecule has 0 aliphatic heterocycles. The summed E-state index contributed by atoms with van der Waals surface area (Å²) in [7, 11) is 0. The van der Waals surface area contributed by atoms with Crippen LogP contribution in [0.4, 0.5) is 4.79 Å². The molecule has 0 spiro atoms. The number of amides is 2. The summed E-state index contributed by atoms with van der Waals surface area (Å²) in [5, 5.41) is 5.81. The highest BCUT2D eigenvalue weighted by Crippen LogP contribution is 2.17. The van der Waals surface area contributed by atoms with Crippen molar-refractivity contribution in [2.45, 2.75) is 45.1 Å². The van der Waals surface area contributed by atoms with Crippen molar-refractivity contribution < 1.29 is 9.21 Å². The normalized spacial score (nSPS) is 16.1. The van der Waals surface area contributed by atoms with Gasteiger partial charge in [-0.15, -0.1) is 0 Å². The molecule has 0 radical (unpaired) electrons. The Bertz CT molecular complexity index is 370. The Kier molecular flexibility index (Phi) is 4.01. The molecule has 0 aromatic carbocycles. The first-order valence-electron chi connectivity index (χ1n) is 6.19. The highest BCUT2D eigenvalue weighted by molar-refractivity contribution is 5.74. The van der Waals surface area contributed by atoms with Gasteiger partial charge in [-0.3, -0.25) is 0 Å². The van der Waals surface area contributed by atoms with Gasteiger partial charge in [0.1, 0.15) is 6.26 Å². The standard InChI is InChI=1S/C12H19N3O2/c1-9-14-11(8-17-9)6-7-13-12(16)15-10-4-2-3-5-10/h8,10H,2-7H2,1H3,(H2,13,15,16). The Balaban J connectivity index is 1.62. The molecule has 1 fully saturated rings. The van der Waals surface area contributed by atoms with Crippen LogP contribution in [-0.2, 0) is 6.42 Å². The maximum Gasteiger partial charge on any atom is 0.315 e. The van der Waals surface area contributed by atoms with E-state index in [1.165, 1.54) is 12.8 Å². The Morgan fingerprint density at radius 3 is 2.94 bits per heavy atom. The Hall–Kier alpha value is -1.52. The fourth-order valence-electron chi connectivity index (χ4n) is 2.13. The fraction of sp³-hybridized carbons (Fsp3) is 0.667. The lowest BCUT2D eigenvalue weighted by atomic mass is 10.2. The average Bonchev–Trinajstić information content (AvgIpc) is 2.90. The first kappa shape index (κ1) is 12.0. The first-order valence-corrected chi connectivity index (χ1v) is 6.19. The summed E-state index contributed by atoms with van der Waals surface area (Å²) < 4.78 is 5.09. The molecule has 1 aromatic heterocycles. The summed E-state index contributed by atoms with van der Waals surface area (Å²) in [4.78, 5) is 15.7. The lowest BCUT2D eigenvalue weighted by Crippen LogP contribution is -2.41. The zero-order valence-electron chi connectivity index (χ0n) is 10.2. The smallest absolute Gasteiger partial charge is 0.315 e. The van der Waals surface area contributed by atoms with Gasteiger partial charge in [-0.05, 0) is 12.8 Å². The molecular weight excluding hydrogens is 218 g/mol. The summed E-state index contributed by atoms with van der Waals surface area (Å²) in [5.41, 5.74) is 0.878. The molecule has 94 valence electrons. The van der Waals surface area contributed by atoms with Crippen LogP contribution < -0.4 is 10.6 Å². The van der Waals surface area contributed by atoms with Gasteiger partial charge < -0.3 is 15.1 Å². The van der Waals surface area contributed by atoms with Crippen LogP contribution in [0.5, 0.6) is 0 Å². The number of carbonyl (C=O) groups excluding carboxylic acids is 1. The van der Waals surface area contributed by atoms with E-state index in [9.17, 15) is 4.79 Å². The lowest BCUT2D eigenvalue weighted by molar-refractivity contribution is 0.237. The van der Waals surface area contributed by atoms with E-state index in [1.807, 2.05) is 6.92 Å². The third-order valence-electron chi connectivity index (χ3n) is 3.02. The van der Waals surface area contributed by atoms with Crippen molar-refractivity contribution in [2.24, 2.45) is 0 Å². The van der Waals surface area contributed by atoms with Gasteiger partial charge >= 0.3 is 6.03 Å². The van der Waals surface area contributed by atoms with Gasteiger partial charge in [-0.25, -0.2) is 9.78 Å². The van der Waals surface area contributed by atoms with E-state index in [0.29, 0.717) is 24.9 Å². The number of hydrogen-bond acceptors (Lipinski definition) is 3. The summed E-state index contributed by atoms with van der Waals surface area (Å²) >= 11 is 0.